The molecule has 0 aliphatic rings. The summed E-state index contributed by atoms with van der Waals surface area (Å²) in [5.74, 6) is -0.888. The first-order valence-corrected chi connectivity index (χ1v) is 4.70. The van der Waals surface area contributed by atoms with Crippen molar-refractivity contribution >= 4 is 11.9 Å². The molecule has 0 aromatic heterocycles. The topological polar surface area (TPSA) is 75.6 Å². The van der Waals surface area contributed by atoms with Gasteiger partial charge in [-0.15, -0.1) is 0 Å². The molecule has 0 aromatic rings. The van der Waals surface area contributed by atoms with Gasteiger partial charge in [0, 0.05) is 5.41 Å². The molecule has 15 heavy (non-hydrogen) atoms. The van der Waals surface area contributed by atoms with E-state index < -0.39 is 16.7 Å². The monoisotopic (exact) mass is 217 g/mol. The van der Waals surface area contributed by atoms with Crippen LogP contribution < -0.4 is 5.48 Å². The lowest BCUT2D eigenvalue weighted by atomic mass is 9.74. The Morgan fingerprint density at radius 2 is 1.67 bits per heavy atom. The van der Waals surface area contributed by atoms with Crippen LogP contribution in [-0.4, -0.2) is 24.2 Å². The van der Waals surface area contributed by atoms with Crippen molar-refractivity contribution in [1.82, 2.24) is 5.48 Å². The molecule has 0 atom stereocenters. The second-order valence-electron chi connectivity index (χ2n) is 4.88. The van der Waals surface area contributed by atoms with Gasteiger partial charge in [0.25, 0.3) is 0 Å². The van der Waals surface area contributed by atoms with Crippen LogP contribution in [0.3, 0.4) is 0 Å². The Morgan fingerprint density at radius 1 is 1.20 bits per heavy atom. The quantitative estimate of drug-likeness (QED) is 0.420. The first-order chi connectivity index (χ1) is 6.67. The highest BCUT2D eigenvalue weighted by Crippen LogP contribution is 2.34. The summed E-state index contributed by atoms with van der Waals surface area (Å²) in [7, 11) is 1.31. The molecule has 0 unspecified atom stereocenters. The number of carbonyl (C=O) groups excluding carboxylic acids is 2. The number of carbonyl (C=O) groups is 2. The van der Waals surface area contributed by atoms with Crippen molar-refractivity contribution in [3.8, 4) is 0 Å². The molecule has 0 saturated carbocycles. The van der Waals surface area contributed by atoms with E-state index >= 15 is 0 Å². The van der Waals surface area contributed by atoms with Crippen molar-refractivity contribution < 1.29 is 19.5 Å². The lowest BCUT2D eigenvalue weighted by Crippen LogP contribution is -2.40. The molecule has 5 nitrogen and oxygen atoms in total. The van der Waals surface area contributed by atoms with Crippen molar-refractivity contribution in [3.05, 3.63) is 0 Å². The van der Waals surface area contributed by atoms with Gasteiger partial charge in [0.2, 0.25) is 5.91 Å². The summed E-state index contributed by atoms with van der Waals surface area (Å²) >= 11 is 0. The minimum Gasteiger partial charge on any atom is -0.469 e. The Bertz CT molecular complexity index is 232. The number of hydrogen-bond donors (Lipinski definition) is 2. The number of methoxy groups -OCH3 is 1. The maximum absolute atomic E-state index is 11.4. The number of hydrogen-bond acceptors (Lipinski definition) is 4. The number of rotatable bonds is 4. The predicted octanol–water partition coefficient (Wildman–Crippen LogP) is 1.11. The highest BCUT2D eigenvalue weighted by Gasteiger charge is 2.39. The molecule has 1 amide bonds. The van der Waals surface area contributed by atoms with Gasteiger partial charge < -0.3 is 4.74 Å². The van der Waals surface area contributed by atoms with Crippen molar-refractivity contribution in [2.45, 2.75) is 34.1 Å². The summed E-state index contributed by atoms with van der Waals surface area (Å²) in [5.41, 5.74) is 0.00760. The van der Waals surface area contributed by atoms with E-state index in [1.54, 1.807) is 33.2 Å². The van der Waals surface area contributed by atoms with Crippen LogP contribution in [0, 0.1) is 10.8 Å². The lowest BCUT2D eigenvalue weighted by molar-refractivity contribution is -0.154. The number of amides is 1. The van der Waals surface area contributed by atoms with E-state index in [4.69, 9.17) is 5.21 Å². The van der Waals surface area contributed by atoms with Crippen molar-refractivity contribution in [2.75, 3.05) is 7.11 Å². The third-order valence-corrected chi connectivity index (χ3v) is 2.34. The molecule has 5 heteroatoms. The highest BCUT2D eigenvalue weighted by molar-refractivity contribution is 5.82. The summed E-state index contributed by atoms with van der Waals surface area (Å²) in [6.45, 7) is 6.71. The Labute approximate surface area is 89.8 Å². The van der Waals surface area contributed by atoms with E-state index in [1.165, 1.54) is 7.11 Å². The summed E-state index contributed by atoms with van der Waals surface area (Å²) in [6.07, 6.45) is 0.291. The zero-order valence-electron chi connectivity index (χ0n) is 9.88. The standard InChI is InChI=1S/C10H19NO4/c1-9(2,7(12)11-14)6-10(3,4)8(13)15-5/h14H,6H2,1-5H3,(H,11,12). The molecular weight excluding hydrogens is 198 g/mol. The average Bonchev–Trinajstić information content (AvgIpc) is 2.13. The fourth-order valence-electron chi connectivity index (χ4n) is 1.68. The fraction of sp³-hybridized carbons (Fsp3) is 0.800. The largest absolute Gasteiger partial charge is 0.469 e. The fourth-order valence-corrected chi connectivity index (χ4v) is 1.68. The molecule has 0 bridgehead atoms. The van der Waals surface area contributed by atoms with Crippen LogP contribution in [0.15, 0.2) is 0 Å². The smallest absolute Gasteiger partial charge is 0.311 e. The van der Waals surface area contributed by atoms with Crippen molar-refractivity contribution in [3.63, 3.8) is 0 Å². The van der Waals surface area contributed by atoms with Gasteiger partial charge in [-0.25, -0.2) is 5.48 Å². The average molecular weight is 217 g/mol. The molecular formula is C10H19NO4. The first kappa shape index (κ1) is 13.9. The molecule has 0 rings (SSSR count). The summed E-state index contributed by atoms with van der Waals surface area (Å²) in [4.78, 5) is 22.7. The molecule has 2 N–H and O–H groups in total. The minimum atomic E-state index is -0.827. The highest BCUT2D eigenvalue weighted by atomic mass is 16.5. The van der Waals surface area contributed by atoms with Crippen LogP contribution in [0.2, 0.25) is 0 Å². The van der Waals surface area contributed by atoms with E-state index in [9.17, 15) is 9.59 Å². The van der Waals surface area contributed by atoms with E-state index in [1.807, 2.05) is 0 Å². The molecule has 88 valence electrons. The summed E-state index contributed by atoms with van der Waals surface area (Å²) in [5, 5.41) is 8.55. The molecule has 0 aliphatic heterocycles. The zero-order valence-corrected chi connectivity index (χ0v) is 9.88. The molecule has 0 spiro atoms. The molecule has 0 aliphatic carbocycles. The molecule has 0 saturated heterocycles. The van der Waals surface area contributed by atoms with Gasteiger partial charge in [0.05, 0.1) is 12.5 Å². The van der Waals surface area contributed by atoms with E-state index in [0.29, 0.717) is 6.42 Å². The van der Waals surface area contributed by atoms with Gasteiger partial charge in [0.1, 0.15) is 0 Å². The van der Waals surface area contributed by atoms with Gasteiger partial charge in [0.15, 0.2) is 0 Å². The SMILES string of the molecule is COC(=O)C(C)(C)CC(C)(C)C(=O)NO. The van der Waals surface area contributed by atoms with Crippen LogP contribution in [0.25, 0.3) is 0 Å². The maximum Gasteiger partial charge on any atom is 0.311 e. The Morgan fingerprint density at radius 3 is 2.00 bits per heavy atom. The van der Waals surface area contributed by atoms with Crippen LogP contribution >= 0.6 is 0 Å². The maximum atomic E-state index is 11.4. The van der Waals surface area contributed by atoms with Crippen molar-refractivity contribution in [1.29, 1.82) is 0 Å². The van der Waals surface area contributed by atoms with E-state index in [2.05, 4.69) is 4.74 Å². The third kappa shape index (κ3) is 3.51. The van der Waals surface area contributed by atoms with Crippen LogP contribution in [0.1, 0.15) is 34.1 Å². The Hall–Kier alpha value is -1.10. The Kier molecular flexibility index (Phi) is 4.27. The van der Waals surface area contributed by atoms with Crippen LogP contribution in [-0.2, 0) is 14.3 Å². The van der Waals surface area contributed by atoms with Crippen LogP contribution in [0.5, 0.6) is 0 Å². The summed E-state index contributed by atoms with van der Waals surface area (Å²) in [6, 6.07) is 0. The van der Waals surface area contributed by atoms with E-state index in [0.717, 1.165) is 0 Å². The molecule has 0 radical (unpaired) electrons. The van der Waals surface area contributed by atoms with Crippen molar-refractivity contribution in [2.24, 2.45) is 10.8 Å². The number of nitrogens with one attached hydrogen (secondary N) is 1. The van der Waals surface area contributed by atoms with Gasteiger partial charge in [-0.2, -0.15) is 0 Å². The Balaban J connectivity index is 4.71. The third-order valence-electron chi connectivity index (χ3n) is 2.34. The number of ether oxygens (including phenoxy) is 1. The van der Waals surface area contributed by atoms with Gasteiger partial charge >= 0.3 is 5.97 Å². The number of hydroxylamine groups is 1. The first-order valence-electron chi connectivity index (χ1n) is 4.70. The normalized spacial score (nSPS) is 12.1. The lowest BCUT2D eigenvalue weighted by Gasteiger charge is -2.30. The second kappa shape index (κ2) is 4.61. The van der Waals surface area contributed by atoms with Gasteiger partial charge in [-0.1, -0.05) is 13.8 Å². The van der Waals surface area contributed by atoms with Crippen LogP contribution in [0.4, 0.5) is 0 Å². The number of esters is 1. The molecule has 0 heterocycles. The minimum absolute atomic E-state index is 0.291. The van der Waals surface area contributed by atoms with E-state index in [-0.39, 0.29) is 5.97 Å². The second-order valence-corrected chi connectivity index (χ2v) is 4.88. The molecule has 0 aromatic carbocycles. The molecule has 0 fully saturated rings. The zero-order chi connectivity index (χ0) is 12.3. The van der Waals surface area contributed by atoms with Gasteiger partial charge in [-0.05, 0) is 20.3 Å². The van der Waals surface area contributed by atoms with Gasteiger partial charge in [-0.3, -0.25) is 14.8 Å². The summed E-state index contributed by atoms with van der Waals surface area (Å²) < 4.78 is 4.64. The predicted molar refractivity (Wildman–Crippen MR) is 54.1 cm³/mol.